The highest BCUT2D eigenvalue weighted by molar-refractivity contribution is 5.26. The molecule has 0 amide bonds. The predicted molar refractivity (Wildman–Crippen MR) is 170 cm³/mol. The molecule has 0 fully saturated rings. The molecule has 0 unspecified atom stereocenters. The molecule has 0 saturated carbocycles. The molecule has 0 bridgehead atoms. The summed E-state index contributed by atoms with van der Waals surface area (Å²) in [6, 6.07) is 27.8. The van der Waals surface area contributed by atoms with Crippen LogP contribution in [0.3, 0.4) is 0 Å². The second-order valence-corrected chi connectivity index (χ2v) is 10.8. The highest BCUT2D eigenvalue weighted by Gasteiger charge is 2.22. The number of aliphatic hydroxyl groups is 2. The Hall–Kier alpha value is -3.18. The Morgan fingerprint density at radius 2 is 1.23 bits per heavy atom. The summed E-state index contributed by atoms with van der Waals surface area (Å²) in [6.07, 6.45) is 4.95. The largest absolute Gasteiger partial charge is 0.497 e. The average Bonchev–Trinajstić information content (AvgIpc) is 3.05. The molecule has 0 spiro atoms. The maximum absolute atomic E-state index is 10.7. The zero-order chi connectivity index (χ0) is 30.4. The van der Waals surface area contributed by atoms with Crippen LogP contribution in [0.15, 0.2) is 84.9 Å². The summed E-state index contributed by atoms with van der Waals surface area (Å²) in [6.45, 7) is 2.30. The standard InChI is InChI=1S/C37H48O6/c1-40-34-23-21-33(22-24-34)29-43-35(26-36(38)37(39)30-42-28-32-18-12-9-13-19-32)20-14-6-4-2-3-5-7-15-25-41-27-31-16-10-8-11-17-31/h8-13,16-19,21-24,35-39H,2-5,7,15,20,25-30H2,1H3/t35-,36-,37-/m1/s1. The van der Waals surface area contributed by atoms with E-state index in [1.165, 1.54) is 18.4 Å². The first kappa shape index (κ1) is 34.3. The van der Waals surface area contributed by atoms with Crippen molar-refractivity contribution in [2.24, 2.45) is 0 Å². The summed E-state index contributed by atoms with van der Waals surface area (Å²) < 4.78 is 22.8. The molecule has 0 heterocycles. The molecule has 43 heavy (non-hydrogen) atoms. The Labute approximate surface area is 258 Å². The second-order valence-electron chi connectivity index (χ2n) is 10.8. The molecule has 0 aromatic heterocycles. The molecule has 0 aliphatic heterocycles. The van der Waals surface area contributed by atoms with Crippen molar-refractivity contribution in [3.8, 4) is 17.6 Å². The first-order valence-corrected chi connectivity index (χ1v) is 15.4. The zero-order valence-corrected chi connectivity index (χ0v) is 25.5. The van der Waals surface area contributed by atoms with E-state index in [0.29, 0.717) is 26.2 Å². The third-order valence-electron chi connectivity index (χ3n) is 7.15. The van der Waals surface area contributed by atoms with Gasteiger partial charge >= 0.3 is 0 Å². The van der Waals surface area contributed by atoms with Crippen LogP contribution in [0.1, 0.15) is 68.1 Å². The van der Waals surface area contributed by atoms with Gasteiger partial charge < -0.3 is 29.2 Å². The summed E-state index contributed by atoms with van der Waals surface area (Å²) in [7, 11) is 1.64. The van der Waals surface area contributed by atoms with Crippen molar-refractivity contribution < 1.29 is 29.2 Å². The van der Waals surface area contributed by atoms with Gasteiger partial charge in [0.1, 0.15) is 11.9 Å². The fraction of sp³-hybridized carbons (Fsp3) is 0.459. The van der Waals surface area contributed by atoms with Crippen LogP contribution in [0, 0.1) is 11.8 Å². The van der Waals surface area contributed by atoms with E-state index in [4.69, 9.17) is 18.9 Å². The van der Waals surface area contributed by atoms with Gasteiger partial charge in [0.05, 0.1) is 45.7 Å². The molecule has 0 aliphatic rings. The second kappa shape index (κ2) is 21.5. The molecule has 3 rings (SSSR count). The molecule has 0 aliphatic carbocycles. The molecular formula is C37H48O6. The number of methoxy groups -OCH3 is 1. The topological polar surface area (TPSA) is 77.4 Å². The fourth-order valence-corrected chi connectivity index (χ4v) is 4.54. The molecule has 0 saturated heterocycles. The molecule has 3 atom stereocenters. The van der Waals surface area contributed by atoms with Crippen molar-refractivity contribution in [3.05, 3.63) is 102 Å². The van der Waals surface area contributed by atoms with Gasteiger partial charge in [-0.2, -0.15) is 0 Å². The van der Waals surface area contributed by atoms with Crippen LogP contribution in [-0.2, 0) is 34.0 Å². The van der Waals surface area contributed by atoms with Gasteiger partial charge in [0.15, 0.2) is 0 Å². The Kier molecular flexibility index (Phi) is 17.2. The molecule has 6 nitrogen and oxygen atoms in total. The number of unbranched alkanes of at least 4 members (excludes halogenated alkanes) is 5. The third kappa shape index (κ3) is 15.2. The van der Waals surface area contributed by atoms with E-state index < -0.39 is 12.2 Å². The van der Waals surface area contributed by atoms with Gasteiger partial charge in [-0.3, -0.25) is 0 Å². The molecule has 3 aromatic carbocycles. The summed E-state index contributed by atoms with van der Waals surface area (Å²) in [5, 5.41) is 21.2. The fourth-order valence-electron chi connectivity index (χ4n) is 4.54. The Balaban J connectivity index is 1.34. The zero-order valence-electron chi connectivity index (χ0n) is 25.5. The van der Waals surface area contributed by atoms with E-state index >= 15 is 0 Å². The summed E-state index contributed by atoms with van der Waals surface area (Å²) >= 11 is 0. The number of hydrogen-bond donors (Lipinski definition) is 2. The number of hydrogen-bond acceptors (Lipinski definition) is 6. The lowest BCUT2D eigenvalue weighted by atomic mass is 10.0. The van der Waals surface area contributed by atoms with Crippen LogP contribution in [0.2, 0.25) is 0 Å². The first-order valence-electron chi connectivity index (χ1n) is 15.4. The lowest BCUT2D eigenvalue weighted by Crippen LogP contribution is -2.34. The number of ether oxygens (including phenoxy) is 4. The average molecular weight is 589 g/mol. The van der Waals surface area contributed by atoms with Crippen molar-refractivity contribution in [1.29, 1.82) is 0 Å². The van der Waals surface area contributed by atoms with Crippen LogP contribution in [-0.4, -0.2) is 48.8 Å². The van der Waals surface area contributed by atoms with Crippen molar-refractivity contribution in [3.63, 3.8) is 0 Å². The van der Waals surface area contributed by atoms with Crippen LogP contribution < -0.4 is 4.74 Å². The highest BCUT2D eigenvalue weighted by Crippen LogP contribution is 2.17. The van der Waals surface area contributed by atoms with Crippen molar-refractivity contribution in [2.45, 2.75) is 89.5 Å². The minimum absolute atomic E-state index is 0.0477. The van der Waals surface area contributed by atoms with Crippen molar-refractivity contribution in [1.82, 2.24) is 0 Å². The van der Waals surface area contributed by atoms with Crippen LogP contribution in [0.4, 0.5) is 0 Å². The van der Waals surface area contributed by atoms with Gasteiger partial charge in [0, 0.05) is 25.9 Å². The molecule has 6 heteroatoms. The van der Waals surface area contributed by atoms with Crippen LogP contribution in [0.5, 0.6) is 5.75 Å². The molecule has 2 N–H and O–H groups in total. The van der Waals surface area contributed by atoms with Crippen LogP contribution in [0.25, 0.3) is 0 Å². The van der Waals surface area contributed by atoms with E-state index in [1.807, 2.05) is 72.8 Å². The van der Waals surface area contributed by atoms with Crippen molar-refractivity contribution in [2.75, 3.05) is 20.3 Å². The van der Waals surface area contributed by atoms with Crippen molar-refractivity contribution >= 4 is 0 Å². The van der Waals surface area contributed by atoms with Gasteiger partial charge in [-0.05, 0) is 41.7 Å². The minimum atomic E-state index is -1.01. The van der Waals surface area contributed by atoms with Crippen LogP contribution >= 0.6 is 0 Å². The van der Waals surface area contributed by atoms with Gasteiger partial charge in [-0.15, -0.1) is 11.8 Å². The summed E-state index contributed by atoms with van der Waals surface area (Å²) in [5.41, 5.74) is 3.24. The lowest BCUT2D eigenvalue weighted by molar-refractivity contribution is -0.0689. The summed E-state index contributed by atoms with van der Waals surface area (Å²) in [5.74, 6) is 7.31. The van der Waals surface area contributed by atoms with Gasteiger partial charge in [0.2, 0.25) is 0 Å². The molecule has 3 aromatic rings. The monoisotopic (exact) mass is 588 g/mol. The predicted octanol–water partition coefficient (Wildman–Crippen LogP) is 6.86. The van der Waals surface area contributed by atoms with E-state index in [0.717, 1.165) is 49.2 Å². The lowest BCUT2D eigenvalue weighted by Gasteiger charge is -2.23. The van der Waals surface area contributed by atoms with Gasteiger partial charge in [-0.25, -0.2) is 0 Å². The summed E-state index contributed by atoms with van der Waals surface area (Å²) in [4.78, 5) is 0. The van der Waals surface area contributed by atoms with Gasteiger partial charge in [-0.1, -0.05) is 92.1 Å². The van der Waals surface area contributed by atoms with E-state index in [2.05, 4.69) is 24.0 Å². The smallest absolute Gasteiger partial charge is 0.118 e. The normalized spacial score (nSPS) is 13.1. The van der Waals surface area contributed by atoms with E-state index in [-0.39, 0.29) is 19.1 Å². The van der Waals surface area contributed by atoms with Gasteiger partial charge in [0.25, 0.3) is 0 Å². The Bertz CT molecular complexity index is 1160. The maximum Gasteiger partial charge on any atom is 0.118 e. The van der Waals surface area contributed by atoms with E-state index in [1.54, 1.807) is 7.11 Å². The quantitative estimate of drug-likeness (QED) is 0.105. The molecule has 232 valence electrons. The van der Waals surface area contributed by atoms with E-state index in [9.17, 15) is 10.2 Å². The first-order chi connectivity index (χ1) is 21.1. The Morgan fingerprint density at radius 3 is 1.91 bits per heavy atom. The SMILES string of the molecule is COc1ccc(CO[C@H](CC#CCCCCCCCOCc2ccccc2)C[C@@H](O)[C@H](O)COCc2ccccc2)cc1. The highest BCUT2D eigenvalue weighted by atomic mass is 16.5. The number of benzene rings is 3. The number of rotatable bonds is 21. The molecule has 0 radical (unpaired) electrons. The minimum Gasteiger partial charge on any atom is -0.497 e. The Morgan fingerprint density at radius 1 is 0.628 bits per heavy atom. The maximum atomic E-state index is 10.7. The molecular weight excluding hydrogens is 540 g/mol. The number of aliphatic hydroxyl groups excluding tert-OH is 2. The third-order valence-corrected chi connectivity index (χ3v) is 7.15.